The van der Waals surface area contributed by atoms with Gasteiger partial charge in [-0.25, -0.2) is 0 Å². The van der Waals surface area contributed by atoms with E-state index in [1.54, 1.807) is 18.2 Å². The van der Waals surface area contributed by atoms with Crippen molar-refractivity contribution in [2.24, 2.45) is 0 Å². The Morgan fingerprint density at radius 2 is 1.57 bits per heavy atom. The van der Waals surface area contributed by atoms with Gasteiger partial charge in [-0.05, 0) is 17.2 Å². The van der Waals surface area contributed by atoms with E-state index < -0.39 is 26.2 Å². The number of nitro groups is 2. The van der Waals surface area contributed by atoms with Crippen molar-refractivity contribution in [3.8, 4) is 17.2 Å². The molecule has 0 aliphatic heterocycles. The average molecular weight is 304 g/mol. The normalized spacial score (nSPS) is 9.90. The quantitative estimate of drug-likeness (QED) is 0.634. The highest BCUT2D eigenvalue weighted by Gasteiger charge is 2.26. The van der Waals surface area contributed by atoms with Crippen LogP contribution in [0, 0.1) is 31.6 Å². The van der Waals surface area contributed by atoms with Crippen molar-refractivity contribution in [1.29, 1.82) is 5.26 Å². The lowest BCUT2D eigenvalue weighted by atomic mass is 9.99. The zero-order chi connectivity index (χ0) is 15.6. The van der Waals surface area contributed by atoms with Crippen LogP contribution in [0.5, 0.6) is 0 Å². The fraction of sp³-hybridized carbons (Fsp3) is 0. The van der Waals surface area contributed by atoms with Gasteiger partial charge >= 0.3 is 0 Å². The van der Waals surface area contributed by atoms with Crippen molar-refractivity contribution < 1.29 is 9.85 Å². The monoisotopic (exact) mass is 303 g/mol. The van der Waals surface area contributed by atoms with Gasteiger partial charge < -0.3 is 0 Å². The van der Waals surface area contributed by atoms with Crippen LogP contribution < -0.4 is 0 Å². The fourth-order valence-electron chi connectivity index (χ4n) is 1.85. The van der Waals surface area contributed by atoms with Crippen LogP contribution in [0.4, 0.5) is 11.4 Å². The van der Waals surface area contributed by atoms with Crippen LogP contribution in [0.15, 0.2) is 36.4 Å². The molecule has 0 atom stereocenters. The van der Waals surface area contributed by atoms with Crippen LogP contribution in [0.1, 0.15) is 5.56 Å². The Bertz CT molecular complexity index is 763. The molecular weight excluding hydrogens is 298 g/mol. The first-order valence-electron chi connectivity index (χ1n) is 5.57. The largest absolute Gasteiger partial charge is 0.295 e. The molecule has 0 spiro atoms. The predicted octanol–water partition coefficient (Wildman–Crippen LogP) is 3.70. The molecule has 0 fully saturated rings. The fourth-order valence-corrected chi connectivity index (χ4v) is 2.09. The molecule has 0 saturated carbocycles. The number of halogens is 1. The molecule has 0 aromatic heterocycles. The lowest BCUT2D eigenvalue weighted by molar-refractivity contribution is -0.393. The number of rotatable bonds is 3. The van der Waals surface area contributed by atoms with E-state index in [0.717, 1.165) is 12.1 Å². The number of nitriles is 1. The lowest BCUT2D eigenvalue weighted by Gasteiger charge is -2.05. The molecule has 2 rings (SSSR count). The minimum absolute atomic E-state index is 0.190. The maximum atomic E-state index is 11.0. The summed E-state index contributed by atoms with van der Waals surface area (Å²) in [7, 11) is 0. The van der Waals surface area contributed by atoms with E-state index in [4.69, 9.17) is 16.9 Å². The SMILES string of the molecule is N#Cc1ccccc1-c1cc([N+](=O)[O-])c(Cl)c([N+](=O)[O-])c1. The van der Waals surface area contributed by atoms with E-state index in [1.807, 2.05) is 6.07 Å². The van der Waals surface area contributed by atoms with E-state index in [1.165, 1.54) is 6.07 Å². The number of nitro benzene ring substituents is 2. The van der Waals surface area contributed by atoms with Crippen molar-refractivity contribution in [2.75, 3.05) is 0 Å². The van der Waals surface area contributed by atoms with E-state index in [9.17, 15) is 20.2 Å². The Kier molecular flexibility index (Phi) is 3.82. The Morgan fingerprint density at radius 3 is 2.05 bits per heavy atom. The molecule has 0 bridgehead atoms. The molecule has 0 aliphatic carbocycles. The molecule has 0 heterocycles. The van der Waals surface area contributed by atoms with Crippen molar-refractivity contribution in [1.82, 2.24) is 0 Å². The molecular formula is C13H6ClN3O4. The molecule has 8 heteroatoms. The van der Waals surface area contributed by atoms with E-state index in [0.29, 0.717) is 5.56 Å². The summed E-state index contributed by atoms with van der Waals surface area (Å²) in [4.78, 5) is 20.3. The molecule has 0 aliphatic rings. The Balaban J connectivity index is 2.79. The molecule has 0 unspecified atom stereocenters. The highest BCUT2D eigenvalue weighted by Crippen LogP contribution is 2.38. The highest BCUT2D eigenvalue weighted by molar-refractivity contribution is 6.35. The number of nitrogens with zero attached hydrogens (tertiary/aromatic N) is 3. The summed E-state index contributed by atoms with van der Waals surface area (Å²) in [5.74, 6) is 0. The van der Waals surface area contributed by atoms with Crippen molar-refractivity contribution in [2.45, 2.75) is 0 Å². The minimum atomic E-state index is -0.798. The summed E-state index contributed by atoms with van der Waals surface area (Å²) in [6, 6.07) is 10.5. The second-order valence-electron chi connectivity index (χ2n) is 4.00. The summed E-state index contributed by atoms with van der Waals surface area (Å²) in [6.07, 6.45) is 0. The predicted molar refractivity (Wildman–Crippen MR) is 74.9 cm³/mol. The van der Waals surface area contributed by atoms with Crippen LogP contribution in [-0.2, 0) is 0 Å². The highest BCUT2D eigenvalue weighted by atomic mass is 35.5. The molecule has 2 aromatic carbocycles. The number of benzene rings is 2. The first-order chi connectivity index (χ1) is 9.95. The van der Waals surface area contributed by atoms with Gasteiger partial charge in [-0.3, -0.25) is 20.2 Å². The van der Waals surface area contributed by atoms with E-state index in [2.05, 4.69) is 0 Å². The van der Waals surface area contributed by atoms with Crippen LogP contribution in [-0.4, -0.2) is 9.85 Å². The first kappa shape index (κ1) is 14.4. The number of hydrogen-bond donors (Lipinski definition) is 0. The maximum Gasteiger partial charge on any atom is 0.295 e. The molecule has 0 radical (unpaired) electrons. The van der Waals surface area contributed by atoms with Gasteiger partial charge in [-0.1, -0.05) is 29.8 Å². The molecule has 21 heavy (non-hydrogen) atoms. The molecule has 0 amide bonds. The average Bonchev–Trinajstić information content (AvgIpc) is 2.46. The summed E-state index contributed by atoms with van der Waals surface area (Å²) in [6.45, 7) is 0. The Hall–Kier alpha value is -2.98. The van der Waals surface area contributed by atoms with Gasteiger partial charge in [0.2, 0.25) is 0 Å². The van der Waals surface area contributed by atoms with Gasteiger partial charge in [0.25, 0.3) is 11.4 Å². The van der Waals surface area contributed by atoms with E-state index >= 15 is 0 Å². The summed E-state index contributed by atoms with van der Waals surface area (Å²) >= 11 is 5.68. The standard InChI is InChI=1S/C13H6ClN3O4/c14-13-11(16(18)19)5-9(6-12(13)17(20)21)10-4-2-1-3-8(10)7-15/h1-6H. The lowest BCUT2D eigenvalue weighted by Crippen LogP contribution is -1.96. The molecule has 7 nitrogen and oxygen atoms in total. The molecule has 0 saturated heterocycles. The third kappa shape index (κ3) is 2.66. The molecule has 2 aromatic rings. The molecule has 104 valence electrons. The third-order valence-electron chi connectivity index (χ3n) is 2.79. The van der Waals surface area contributed by atoms with Crippen molar-refractivity contribution in [3.63, 3.8) is 0 Å². The van der Waals surface area contributed by atoms with Gasteiger partial charge in [-0.15, -0.1) is 0 Å². The summed E-state index contributed by atoms with van der Waals surface area (Å²) in [5.41, 5.74) is -0.344. The van der Waals surface area contributed by atoms with Gasteiger partial charge in [-0.2, -0.15) is 5.26 Å². The first-order valence-corrected chi connectivity index (χ1v) is 5.95. The number of hydrogen-bond acceptors (Lipinski definition) is 5. The topological polar surface area (TPSA) is 110 Å². The maximum absolute atomic E-state index is 11.0. The van der Waals surface area contributed by atoms with E-state index in [-0.39, 0.29) is 11.1 Å². The molecule has 0 N–H and O–H groups in total. The van der Waals surface area contributed by atoms with Gasteiger partial charge in [0.05, 0.1) is 21.5 Å². The van der Waals surface area contributed by atoms with Crippen LogP contribution in [0.25, 0.3) is 11.1 Å². The second-order valence-corrected chi connectivity index (χ2v) is 4.38. The van der Waals surface area contributed by atoms with Crippen molar-refractivity contribution in [3.05, 3.63) is 67.2 Å². The van der Waals surface area contributed by atoms with Gasteiger partial charge in [0, 0.05) is 12.1 Å². The third-order valence-corrected chi connectivity index (χ3v) is 3.17. The second kappa shape index (κ2) is 5.56. The smallest absolute Gasteiger partial charge is 0.258 e. The van der Waals surface area contributed by atoms with Crippen LogP contribution >= 0.6 is 11.6 Å². The van der Waals surface area contributed by atoms with Gasteiger partial charge in [0.1, 0.15) is 0 Å². The van der Waals surface area contributed by atoms with Crippen molar-refractivity contribution >= 4 is 23.0 Å². The summed E-state index contributed by atoms with van der Waals surface area (Å²) in [5, 5.41) is 30.4. The Morgan fingerprint density at radius 1 is 1.05 bits per heavy atom. The zero-order valence-electron chi connectivity index (χ0n) is 10.3. The Labute approximate surface area is 123 Å². The van der Waals surface area contributed by atoms with Crippen LogP contribution in [0.2, 0.25) is 5.02 Å². The summed E-state index contributed by atoms with van der Waals surface area (Å²) < 4.78 is 0. The zero-order valence-corrected chi connectivity index (χ0v) is 11.1. The minimum Gasteiger partial charge on any atom is -0.258 e. The van der Waals surface area contributed by atoms with Gasteiger partial charge in [0.15, 0.2) is 5.02 Å². The van der Waals surface area contributed by atoms with Crippen LogP contribution in [0.3, 0.4) is 0 Å².